The van der Waals surface area contributed by atoms with Crippen LogP contribution in [0.4, 0.5) is 0 Å². The van der Waals surface area contributed by atoms with Crippen molar-refractivity contribution in [2.75, 3.05) is 0 Å². The van der Waals surface area contributed by atoms with Gasteiger partial charge in [-0.05, 0) is 44.9 Å². The van der Waals surface area contributed by atoms with E-state index >= 15 is 0 Å². The van der Waals surface area contributed by atoms with Crippen LogP contribution in [-0.2, 0) is 4.79 Å². The van der Waals surface area contributed by atoms with Gasteiger partial charge in [-0.2, -0.15) is 0 Å². The van der Waals surface area contributed by atoms with Gasteiger partial charge < -0.3 is 4.79 Å². The summed E-state index contributed by atoms with van der Waals surface area (Å²) in [5.74, 6) is 0. The van der Waals surface area contributed by atoms with Crippen LogP contribution in [0.2, 0.25) is 0 Å². The van der Waals surface area contributed by atoms with E-state index in [2.05, 4.69) is 43.4 Å². The Balaban J connectivity index is 3.28. The number of aldehydes is 1. The maximum Gasteiger partial charge on any atom is 0.119 e. The van der Waals surface area contributed by atoms with Gasteiger partial charge in [-0.25, -0.2) is 0 Å². The summed E-state index contributed by atoms with van der Waals surface area (Å²) in [4.78, 5) is 10.1. The van der Waals surface area contributed by atoms with Gasteiger partial charge in [0.15, 0.2) is 0 Å². The molecule has 0 N–H and O–H groups in total. The van der Waals surface area contributed by atoms with Crippen molar-refractivity contribution in [1.82, 2.24) is 0 Å². The highest BCUT2D eigenvalue weighted by Crippen LogP contribution is 2.01. The normalized spacial score (nSPS) is 12.1. The van der Waals surface area contributed by atoms with E-state index in [1.54, 1.807) is 0 Å². The summed E-state index contributed by atoms with van der Waals surface area (Å²) >= 11 is 0. The predicted octanol–water partition coefficient (Wildman–Crippen LogP) is 5.77. The van der Waals surface area contributed by atoms with Gasteiger partial charge in [0, 0.05) is 6.42 Å². The molecule has 0 aromatic carbocycles. The second-order valence-electron chi connectivity index (χ2n) is 4.83. The summed E-state index contributed by atoms with van der Waals surface area (Å²) in [6.07, 6.45) is 25.7. The maximum absolute atomic E-state index is 10.1. The van der Waals surface area contributed by atoms with E-state index in [1.807, 2.05) is 0 Å². The molecule has 0 unspecified atom stereocenters. The number of hydrogen-bond acceptors (Lipinski definition) is 1. The topological polar surface area (TPSA) is 17.1 Å². The van der Waals surface area contributed by atoms with Crippen LogP contribution < -0.4 is 0 Å². The summed E-state index contributed by atoms with van der Waals surface area (Å²) in [6.45, 7) is 2.24. The van der Waals surface area contributed by atoms with Crippen molar-refractivity contribution in [2.24, 2.45) is 0 Å². The summed E-state index contributed by atoms with van der Waals surface area (Å²) in [7, 11) is 0. The lowest BCUT2D eigenvalue weighted by Crippen LogP contribution is -1.75. The van der Waals surface area contributed by atoms with E-state index in [4.69, 9.17) is 0 Å². The van der Waals surface area contributed by atoms with E-state index in [-0.39, 0.29) is 0 Å². The Hall–Kier alpha value is -1.11. The first-order valence-electron chi connectivity index (χ1n) is 7.80. The monoisotopic (exact) mass is 262 g/mol. The average Bonchev–Trinajstić information content (AvgIpc) is 2.43. The van der Waals surface area contributed by atoms with Crippen LogP contribution in [-0.4, -0.2) is 6.29 Å². The summed E-state index contributed by atoms with van der Waals surface area (Å²) in [5.41, 5.74) is 0. The minimum Gasteiger partial charge on any atom is -0.303 e. The Morgan fingerprint density at radius 2 is 1.11 bits per heavy atom. The van der Waals surface area contributed by atoms with Gasteiger partial charge in [-0.3, -0.25) is 0 Å². The van der Waals surface area contributed by atoms with Crippen molar-refractivity contribution in [3.8, 4) is 0 Å². The van der Waals surface area contributed by atoms with Gasteiger partial charge >= 0.3 is 0 Å². The van der Waals surface area contributed by atoms with Crippen molar-refractivity contribution < 1.29 is 4.79 Å². The van der Waals surface area contributed by atoms with Gasteiger partial charge in [0.05, 0.1) is 0 Å². The van der Waals surface area contributed by atoms with Crippen molar-refractivity contribution in [3.05, 3.63) is 36.5 Å². The number of carbonyl (C=O) groups is 1. The first kappa shape index (κ1) is 17.9. The lowest BCUT2D eigenvalue weighted by atomic mass is 10.2. The molecule has 0 rings (SSSR count). The van der Waals surface area contributed by atoms with Crippen LogP contribution in [0.25, 0.3) is 0 Å². The third-order valence-electron chi connectivity index (χ3n) is 2.96. The smallest absolute Gasteiger partial charge is 0.119 e. The molecule has 0 atom stereocenters. The molecular formula is C18H30O. The first-order chi connectivity index (χ1) is 9.41. The average molecular weight is 262 g/mol. The van der Waals surface area contributed by atoms with Crippen LogP contribution in [0.15, 0.2) is 36.5 Å². The van der Waals surface area contributed by atoms with Gasteiger partial charge in [0.25, 0.3) is 0 Å². The molecule has 0 amide bonds. The van der Waals surface area contributed by atoms with Crippen LogP contribution in [0, 0.1) is 0 Å². The molecule has 0 aliphatic heterocycles. The van der Waals surface area contributed by atoms with Crippen LogP contribution >= 0.6 is 0 Å². The molecule has 0 heterocycles. The van der Waals surface area contributed by atoms with Gasteiger partial charge in [0.2, 0.25) is 0 Å². The van der Waals surface area contributed by atoms with E-state index in [0.717, 1.165) is 38.4 Å². The number of hydrogen-bond donors (Lipinski definition) is 0. The summed E-state index contributed by atoms with van der Waals surface area (Å²) < 4.78 is 0. The highest BCUT2D eigenvalue weighted by atomic mass is 16.1. The van der Waals surface area contributed by atoms with Crippen LogP contribution in [0.1, 0.15) is 71.1 Å². The molecular weight excluding hydrogens is 232 g/mol. The number of rotatable bonds is 13. The number of allylic oxidation sites excluding steroid dienone is 6. The third kappa shape index (κ3) is 16.9. The quantitative estimate of drug-likeness (QED) is 0.234. The fraction of sp³-hybridized carbons (Fsp3) is 0.611. The molecule has 0 fully saturated rings. The first-order valence-corrected chi connectivity index (χ1v) is 7.80. The Labute approximate surface area is 119 Å². The molecule has 0 bridgehead atoms. The molecule has 0 aromatic rings. The molecule has 0 radical (unpaired) electrons. The zero-order valence-electron chi connectivity index (χ0n) is 12.5. The minimum absolute atomic E-state index is 0.707. The molecule has 0 saturated carbocycles. The molecule has 1 nitrogen and oxygen atoms in total. The molecule has 0 spiro atoms. The molecule has 0 saturated heterocycles. The zero-order chi connectivity index (χ0) is 14.0. The Morgan fingerprint density at radius 1 is 0.632 bits per heavy atom. The molecule has 0 aromatic heterocycles. The van der Waals surface area contributed by atoms with E-state index < -0.39 is 0 Å². The molecule has 108 valence electrons. The van der Waals surface area contributed by atoms with Crippen molar-refractivity contribution >= 4 is 6.29 Å². The van der Waals surface area contributed by atoms with Crippen molar-refractivity contribution in [1.29, 1.82) is 0 Å². The van der Waals surface area contributed by atoms with E-state index in [1.165, 1.54) is 25.7 Å². The molecule has 19 heavy (non-hydrogen) atoms. The van der Waals surface area contributed by atoms with Crippen LogP contribution in [0.3, 0.4) is 0 Å². The highest BCUT2D eigenvalue weighted by molar-refractivity contribution is 5.48. The predicted molar refractivity (Wildman–Crippen MR) is 85.3 cm³/mol. The molecule has 1 heteroatoms. The third-order valence-corrected chi connectivity index (χ3v) is 2.96. The molecule has 0 aliphatic carbocycles. The zero-order valence-corrected chi connectivity index (χ0v) is 12.5. The second-order valence-corrected chi connectivity index (χ2v) is 4.83. The van der Waals surface area contributed by atoms with Gasteiger partial charge in [0.1, 0.15) is 6.29 Å². The standard InChI is InChI=1S/C18H30O/c1-2-3-4-5-6-7-8-9-10-11-12-13-14-15-16-17-18-19/h6-7,9-10,12-13,18H,2-5,8,11,14-17H2,1H3/b7-6-,10-9-,13-12-. The Morgan fingerprint density at radius 3 is 1.63 bits per heavy atom. The lowest BCUT2D eigenvalue weighted by Gasteiger charge is -1.91. The Bertz CT molecular complexity index is 261. The Kier molecular flexibility index (Phi) is 15.9. The summed E-state index contributed by atoms with van der Waals surface area (Å²) in [6, 6.07) is 0. The largest absolute Gasteiger partial charge is 0.303 e. The second kappa shape index (κ2) is 16.9. The minimum atomic E-state index is 0.707. The lowest BCUT2D eigenvalue weighted by molar-refractivity contribution is -0.107. The highest BCUT2D eigenvalue weighted by Gasteiger charge is 1.83. The maximum atomic E-state index is 10.1. The van der Waals surface area contributed by atoms with Gasteiger partial charge in [-0.1, -0.05) is 56.2 Å². The van der Waals surface area contributed by atoms with Gasteiger partial charge in [-0.15, -0.1) is 0 Å². The fourth-order valence-corrected chi connectivity index (χ4v) is 1.78. The summed E-state index contributed by atoms with van der Waals surface area (Å²) in [5, 5.41) is 0. The van der Waals surface area contributed by atoms with Crippen LogP contribution in [0.5, 0.6) is 0 Å². The van der Waals surface area contributed by atoms with Crippen molar-refractivity contribution in [3.63, 3.8) is 0 Å². The SMILES string of the molecule is CCCCC/C=C\C/C=C\C/C=C\CCCCC=O. The van der Waals surface area contributed by atoms with Crippen molar-refractivity contribution in [2.45, 2.75) is 71.1 Å². The van der Waals surface area contributed by atoms with E-state index in [0.29, 0.717) is 6.42 Å². The number of carbonyl (C=O) groups excluding carboxylic acids is 1. The number of unbranched alkanes of at least 4 members (excludes halogenated alkanes) is 6. The fourth-order valence-electron chi connectivity index (χ4n) is 1.78. The molecule has 0 aliphatic rings. The van der Waals surface area contributed by atoms with E-state index in [9.17, 15) is 4.79 Å².